The average Bonchev–Trinajstić information content (AvgIpc) is 2.58. The molecule has 1 heterocycles. The molecule has 0 saturated heterocycles. The van der Waals surface area contributed by atoms with E-state index < -0.39 is 4.92 Å². The third-order valence-electron chi connectivity index (χ3n) is 1.56. The smallest absolute Gasteiger partial charge is 0.323 e. The third-order valence-corrected chi connectivity index (χ3v) is 2.69. The molecule has 0 bridgehead atoms. The lowest BCUT2D eigenvalue weighted by Gasteiger charge is -1.97. The van der Waals surface area contributed by atoms with Gasteiger partial charge in [-0.25, -0.2) is 0 Å². The molecule has 0 atom stereocenters. The van der Waals surface area contributed by atoms with Crippen LogP contribution in [0.25, 0.3) is 0 Å². The molecule has 0 fully saturated rings. The Morgan fingerprint density at radius 1 is 1.80 bits per heavy atom. The number of ether oxygens (including phenoxy) is 1. The van der Waals surface area contributed by atoms with E-state index in [0.29, 0.717) is 4.88 Å². The van der Waals surface area contributed by atoms with Crippen LogP contribution >= 0.6 is 11.3 Å². The van der Waals surface area contributed by atoms with Crippen LogP contribution < -0.4 is 4.74 Å². The van der Waals surface area contributed by atoms with Crippen LogP contribution in [-0.4, -0.2) is 17.3 Å². The fourth-order valence-electron chi connectivity index (χ4n) is 0.903. The van der Waals surface area contributed by atoms with E-state index >= 15 is 0 Å². The topological polar surface area (TPSA) is 69.4 Å². The van der Waals surface area contributed by atoms with Gasteiger partial charge in [0.25, 0.3) is 5.06 Å². The summed E-state index contributed by atoms with van der Waals surface area (Å²) in [5, 5.41) is 10.8. The van der Waals surface area contributed by atoms with Crippen LogP contribution in [0, 0.1) is 10.1 Å². The number of thiophene rings is 1. The lowest BCUT2D eigenvalue weighted by Crippen LogP contribution is -1.94. The molecule has 0 saturated carbocycles. The fourth-order valence-corrected chi connectivity index (χ4v) is 1.78. The fraction of sp³-hybridized carbons (Fsp3) is 0.222. The minimum atomic E-state index is -0.568. The van der Waals surface area contributed by atoms with Gasteiger partial charge in [-0.05, 0) is 6.92 Å². The normalized spacial score (nSPS) is 9.67. The first-order valence-electron chi connectivity index (χ1n) is 4.09. The van der Waals surface area contributed by atoms with Crippen LogP contribution in [-0.2, 0) is 0 Å². The van der Waals surface area contributed by atoms with E-state index in [1.54, 1.807) is 0 Å². The van der Waals surface area contributed by atoms with E-state index in [9.17, 15) is 14.9 Å². The zero-order valence-electron chi connectivity index (χ0n) is 8.06. The van der Waals surface area contributed by atoms with Gasteiger partial charge in [-0.1, -0.05) is 24.0 Å². The number of rotatable bonds is 5. The molecule has 80 valence electrons. The largest absolute Gasteiger partial charge is 0.475 e. The average molecular weight is 227 g/mol. The van der Waals surface area contributed by atoms with Crippen LogP contribution in [0.5, 0.6) is 5.06 Å². The lowest BCUT2D eigenvalue weighted by molar-refractivity contribution is -0.385. The van der Waals surface area contributed by atoms with Gasteiger partial charge in [0.1, 0.15) is 6.61 Å². The molecule has 5 nitrogen and oxygen atoms in total. The SMILES string of the molecule is C=CCOc1sc(C(C)=O)cc1[N+](=O)[O-]. The predicted molar refractivity (Wildman–Crippen MR) is 56.7 cm³/mol. The van der Waals surface area contributed by atoms with Crippen LogP contribution in [0.3, 0.4) is 0 Å². The first kappa shape index (κ1) is 11.4. The maximum absolute atomic E-state index is 11.0. The van der Waals surface area contributed by atoms with Crippen LogP contribution in [0.15, 0.2) is 18.7 Å². The van der Waals surface area contributed by atoms with Crippen molar-refractivity contribution in [3.63, 3.8) is 0 Å². The number of hydrogen-bond donors (Lipinski definition) is 0. The molecule has 0 spiro atoms. The van der Waals surface area contributed by atoms with Crippen LogP contribution in [0.1, 0.15) is 16.6 Å². The van der Waals surface area contributed by atoms with E-state index in [-0.39, 0.29) is 23.1 Å². The van der Waals surface area contributed by atoms with E-state index in [0.717, 1.165) is 11.3 Å². The van der Waals surface area contributed by atoms with Crippen molar-refractivity contribution in [1.29, 1.82) is 0 Å². The molecule has 1 aromatic rings. The van der Waals surface area contributed by atoms with Crippen LogP contribution in [0.2, 0.25) is 0 Å². The molecule has 0 amide bonds. The third kappa shape index (κ3) is 2.63. The molecule has 15 heavy (non-hydrogen) atoms. The van der Waals surface area contributed by atoms with E-state index in [2.05, 4.69) is 6.58 Å². The summed E-state index contributed by atoms with van der Waals surface area (Å²) < 4.78 is 5.08. The number of hydrogen-bond acceptors (Lipinski definition) is 5. The Morgan fingerprint density at radius 2 is 2.47 bits per heavy atom. The molecule has 0 aliphatic heterocycles. The van der Waals surface area contributed by atoms with Gasteiger partial charge in [0.05, 0.1) is 9.80 Å². The number of carbonyl (C=O) groups is 1. The molecule has 0 aliphatic carbocycles. The van der Waals surface area contributed by atoms with E-state index in [1.807, 2.05) is 0 Å². The Balaban J connectivity index is 3.05. The summed E-state index contributed by atoms with van der Waals surface area (Å²) in [6.07, 6.45) is 1.48. The van der Waals surface area contributed by atoms with E-state index in [4.69, 9.17) is 4.74 Å². The summed E-state index contributed by atoms with van der Waals surface area (Å²) in [5.74, 6) is -0.212. The second-order valence-corrected chi connectivity index (χ2v) is 3.71. The van der Waals surface area contributed by atoms with Crippen molar-refractivity contribution in [3.05, 3.63) is 33.7 Å². The molecule has 1 aromatic heterocycles. The summed E-state index contributed by atoms with van der Waals surface area (Å²) in [7, 11) is 0. The van der Waals surface area contributed by atoms with Crippen molar-refractivity contribution >= 4 is 22.8 Å². The summed E-state index contributed by atoms with van der Waals surface area (Å²) in [4.78, 5) is 21.4. The van der Waals surface area contributed by atoms with Crippen LogP contribution in [0.4, 0.5) is 5.69 Å². The summed E-state index contributed by atoms with van der Waals surface area (Å²) >= 11 is 0.975. The van der Waals surface area contributed by atoms with Gasteiger partial charge in [-0.15, -0.1) is 0 Å². The van der Waals surface area contributed by atoms with Gasteiger partial charge in [-0.3, -0.25) is 14.9 Å². The Hall–Kier alpha value is -1.69. The molecule has 0 N–H and O–H groups in total. The summed E-state index contributed by atoms with van der Waals surface area (Å²) in [6, 6.07) is 1.23. The van der Waals surface area contributed by atoms with E-state index in [1.165, 1.54) is 19.1 Å². The monoisotopic (exact) mass is 227 g/mol. The Labute approximate surface area is 90.1 Å². The number of ketones is 1. The first-order valence-corrected chi connectivity index (χ1v) is 4.90. The number of nitro groups is 1. The maximum atomic E-state index is 11.0. The van der Waals surface area contributed by atoms with Gasteiger partial charge >= 0.3 is 5.69 Å². The van der Waals surface area contributed by atoms with Gasteiger partial charge in [0, 0.05) is 6.07 Å². The highest BCUT2D eigenvalue weighted by molar-refractivity contribution is 7.16. The number of carbonyl (C=O) groups excluding carboxylic acids is 1. The molecule has 0 radical (unpaired) electrons. The van der Waals surface area contributed by atoms with Gasteiger partial charge in [0.2, 0.25) is 0 Å². The molecule has 1 rings (SSSR count). The lowest BCUT2D eigenvalue weighted by atomic mass is 10.3. The molecule has 6 heteroatoms. The highest BCUT2D eigenvalue weighted by atomic mass is 32.1. The Bertz CT molecular complexity index is 410. The predicted octanol–water partition coefficient (Wildman–Crippen LogP) is 2.42. The highest BCUT2D eigenvalue weighted by Crippen LogP contribution is 2.36. The standard InChI is InChI=1S/C9H9NO4S/c1-3-4-14-9-7(10(12)13)5-8(15-9)6(2)11/h3,5H,1,4H2,2H3. The molecular formula is C9H9NO4S. The quantitative estimate of drug-likeness (QED) is 0.335. The van der Waals surface area contributed by atoms with Crippen molar-refractivity contribution in [3.8, 4) is 5.06 Å². The van der Waals surface area contributed by atoms with Gasteiger partial charge in [0.15, 0.2) is 5.78 Å². The molecule has 0 aliphatic rings. The van der Waals surface area contributed by atoms with Crippen molar-refractivity contribution in [1.82, 2.24) is 0 Å². The maximum Gasteiger partial charge on any atom is 0.323 e. The van der Waals surface area contributed by atoms with Gasteiger partial charge < -0.3 is 4.74 Å². The second kappa shape index (κ2) is 4.70. The first-order chi connectivity index (χ1) is 7.06. The Morgan fingerprint density at radius 3 is 2.93 bits per heavy atom. The van der Waals surface area contributed by atoms with Crippen molar-refractivity contribution in [2.45, 2.75) is 6.92 Å². The highest BCUT2D eigenvalue weighted by Gasteiger charge is 2.21. The van der Waals surface area contributed by atoms with Gasteiger partial charge in [-0.2, -0.15) is 0 Å². The summed E-state index contributed by atoms with van der Waals surface area (Å²) in [5.41, 5.74) is -0.174. The zero-order chi connectivity index (χ0) is 11.4. The molecule has 0 aromatic carbocycles. The molecular weight excluding hydrogens is 218 g/mol. The number of nitrogens with zero attached hydrogens (tertiary/aromatic N) is 1. The molecule has 0 unspecified atom stereocenters. The summed E-state index contributed by atoms with van der Waals surface area (Å²) in [6.45, 7) is 4.97. The number of Topliss-reactive ketones (excluding diaryl/α,β-unsaturated/α-hetero) is 1. The second-order valence-electron chi connectivity index (χ2n) is 2.70. The van der Waals surface area contributed by atoms with Crippen molar-refractivity contribution in [2.75, 3.05) is 6.61 Å². The minimum Gasteiger partial charge on any atom is -0.475 e. The Kier molecular flexibility index (Phi) is 3.56. The van der Waals surface area contributed by atoms with Crippen molar-refractivity contribution in [2.24, 2.45) is 0 Å². The minimum absolute atomic E-state index is 0.144. The van der Waals surface area contributed by atoms with Crippen molar-refractivity contribution < 1.29 is 14.5 Å². The zero-order valence-corrected chi connectivity index (χ0v) is 8.87.